The number of nitrogens with one attached hydrogen (secondary N) is 1. The van der Waals surface area contributed by atoms with Crippen LogP contribution in [-0.4, -0.2) is 44.6 Å². The van der Waals surface area contributed by atoms with Gasteiger partial charge in [-0.25, -0.2) is 4.79 Å². The van der Waals surface area contributed by atoms with Crippen molar-refractivity contribution in [2.24, 2.45) is 0 Å². The fraction of sp³-hybridized carbons (Fsp3) is 0.545. The molecule has 0 bridgehead atoms. The molecule has 0 amide bonds. The van der Waals surface area contributed by atoms with E-state index in [0.29, 0.717) is 0 Å². The lowest BCUT2D eigenvalue weighted by Gasteiger charge is -2.30. The third-order valence-corrected chi connectivity index (χ3v) is 4.28. The number of halogens is 1. The summed E-state index contributed by atoms with van der Waals surface area (Å²) in [6.07, 6.45) is -2.59. The Kier molecular flexibility index (Phi) is 5.91. The largest absolute Gasteiger partial charge is 0.790 e. The van der Waals surface area contributed by atoms with Crippen molar-refractivity contribution < 1.29 is 33.5 Å². The number of phosphoric acid groups is 1. The number of phosphoric ester groups is 1. The highest BCUT2D eigenvalue weighted by molar-refractivity contribution is 9.09. The smallest absolute Gasteiger partial charge is 0.330 e. The van der Waals surface area contributed by atoms with Crippen molar-refractivity contribution in [1.82, 2.24) is 9.55 Å². The van der Waals surface area contributed by atoms with E-state index in [4.69, 9.17) is 4.74 Å². The van der Waals surface area contributed by atoms with E-state index in [1.54, 1.807) is 0 Å². The number of aromatic amines is 1. The van der Waals surface area contributed by atoms with E-state index in [9.17, 15) is 33.8 Å². The van der Waals surface area contributed by atoms with E-state index < -0.39 is 49.9 Å². The Morgan fingerprint density at radius 2 is 2.21 bits per heavy atom. The maximum absolute atomic E-state index is 11.9. The first-order chi connectivity index (χ1) is 11.1. The van der Waals surface area contributed by atoms with Crippen LogP contribution in [0.25, 0.3) is 0 Å². The van der Waals surface area contributed by atoms with Crippen LogP contribution in [0.15, 0.2) is 15.8 Å². The average molecular weight is 427 g/mol. The second-order valence-electron chi connectivity index (χ2n) is 4.94. The van der Waals surface area contributed by atoms with E-state index >= 15 is 0 Å². The second-order valence-corrected chi connectivity index (χ2v) is 6.65. The minimum Gasteiger partial charge on any atom is -0.790 e. The third kappa shape index (κ3) is 4.48. The molecule has 0 aromatic carbocycles. The van der Waals surface area contributed by atoms with Gasteiger partial charge in [-0.15, -0.1) is 0 Å². The van der Waals surface area contributed by atoms with Crippen LogP contribution in [0.5, 0.6) is 0 Å². The van der Waals surface area contributed by atoms with Gasteiger partial charge in [0.15, 0.2) is 5.78 Å². The van der Waals surface area contributed by atoms with E-state index in [1.165, 1.54) is 0 Å². The fourth-order valence-corrected chi connectivity index (χ4v) is 2.80. The summed E-state index contributed by atoms with van der Waals surface area (Å²) in [6.45, 7) is -0.715. The van der Waals surface area contributed by atoms with Gasteiger partial charge < -0.3 is 28.7 Å². The van der Waals surface area contributed by atoms with Crippen molar-refractivity contribution in [3.05, 3.63) is 32.6 Å². The van der Waals surface area contributed by atoms with Crippen LogP contribution < -0.4 is 21.0 Å². The molecule has 0 saturated carbocycles. The number of ether oxygens (including phenoxy) is 1. The SMILES string of the molecule is O=C(CBr)c1cn([C@H]2C[C@H](O)[C@@H](COP(=O)([O-])[O-])O2)c(=O)[nH]c1=O. The Bertz CT molecular complexity index is 784. The van der Waals surface area contributed by atoms with Gasteiger partial charge in [-0.1, -0.05) is 15.9 Å². The molecule has 11 nitrogen and oxygen atoms in total. The lowest BCUT2D eigenvalue weighted by Crippen LogP contribution is -2.35. The number of ketones is 1. The topological polar surface area (TPSA) is 174 Å². The molecule has 24 heavy (non-hydrogen) atoms. The maximum atomic E-state index is 11.9. The van der Waals surface area contributed by atoms with Gasteiger partial charge in [0, 0.05) is 12.6 Å². The van der Waals surface area contributed by atoms with Gasteiger partial charge in [-0.2, -0.15) is 0 Å². The molecule has 1 aliphatic rings. The standard InChI is InChI=1S/C11H14BrN2O9P/c12-2-7(16)5-3-14(11(18)13-10(5)17)9-1-6(15)8(23-9)4-22-24(19,20)21/h3,6,8-9,15H,1-2,4H2,(H,13,17,18)(H2,19,20,21)/p-2/t6-,8+,9+/m0/s1. The third-order valence-electron chi connectivity index (χ3n) is 3.30. The Balaban J connectivity index is 2.24. The van der Waals surface area contributed by atoms with Crippen LogP contribution in [0.2, 0.25) is 0 Å². The van der Waals surface area contributed by atoms with E-state index in [-0.39, 0.29) is 17.3 Å². The number of aliphatic hydroxyl groups is 1. The minimum absolute atomic E-state index is 0.135. The number of aliphatic hydroxyl groups excluding tert-OH is 1. The highest BCUT2D eigenvalue weighted by atomic mass is 79.9. The van der Waals surface area contributed by atoms with Crippen molar-refractivity contribution in [3.63, 3.8) is 0 Å². The number of carbonyl (C=O) groups excluding carboxylic acids is 1. The average Bonchev–Trinajstić information content (AvgIpc) is 2.84. The lowest BCUT2D eigenvalue weighted by atomic mass is 10.2. The Labute approximate surface area is 142 Å². The van der Waals surface area contributed by atoms with Crippen molar-refractivity contribution in [1.29, 1.82) is 0 Å². The molecule has 2 rings (SSSR count). The zero-order valence-corrected chi connectivity index (χ0v) is 14.4. The molecule has 1 aromatic rings. The molecular formula is C11H12BrN2O9P-2. The van der Waals surface area contributed by atoms with Gasteiger partial charge >= 0.3 is 5.69 Å². The molecule has 1 saturated heterocycles. The molecule has 13 heteroatoms. The molecule has 0 radical (unpaired) electrons. The molecule has 2 N–H and O–H groups in total. The van der Waals surface area contributed by atoms with E-state index in [0.717, 1.165) is 10.8 Å². The first kappa shape index (κ1) is 19.2. The second kappa shape index (κ2) is 7.40. The van der Waals surface area contributed by atoms with Gasteiger partial charge in [-0.3, -0.25) is 19.1 Å². The van der Waals surface area contributed by atoms with Gasteiger partial charge in [0.05, 0.1) is 25.9 Å². The lowest BCUT2D eigenvalue weighted by molar-refractivity contribution is -0.343. The molecule has 2 heterocycles. The summed E-state index contributed by atoms with van der Waals surface area (Å²) >= 11 is 2.91. The van der Waals surface area contributed by atoms with Gasteiger partial charge in [0.1, 0.15) is 17.9 Å². The summed E-state index contributed by atoms with van der Waals surface area (Å²) in [6, 6.07) is 0. The number of hydrogen-bond acceptors (Lipinski definition) is 9. The number of Topliss-reactive ketones (excluding diaryl/α,β-unsaturated/α-hetero) is 1. The normalized spacial score (nSPS) is 24.2. The number of rotatable bonds is 6. The molecule has 0 spiro atoms. The number of hydrogen-bond donors (Lipinski definition) is 2. The van der Waals surface area contributed by atoms with Crippen LogP contribution >= 0.6 is 23.8 Å². The summed E-state index contributed by atoms with van der Waals surface area (Å²) in [7, 11) is -5.23. The molecule has 1 fully saturated rings. The monoisotopic (exact) mass is 426 g/mol. The predicted molar refractivity (Wildman–Crippen MR) is 77.5 cm³/mol. The molecule has 0 unspecified atom stereocenters. The number of alkyl halides is 1. The van der Waals surface area contributed by atoms with Gasteiger partial charge in [0.25, 0.3) is 5.56 Å². The van der Waals surface area contributed by atoms with Crippen LogP contribution in [-0.2, 0) is 13.8 Å². The number of H-pyrrole nitrogens is 1. The van der Waals surface area contributed by atoms with Crippen LogP contribution in [0, 0.1) is 0 Å². The first-order valence-electron chi connectivity index (χ1n) is 6.57. The molecule has 0 aliphatic carbocycles. The van der Waals surface area contributed by atoms with Gasteiger partial charge in [-0.05, 0) is 0 Å². The first-order valence-corrected chi connectivity index (χ1v) is 9.15. The van der Waals surface area contributed by atoms with Crippen molar-refractivity contribution in [2.75, 3.05) is 11.9 Å². The molecule has 134 valence electrons. The zero-order chi connectivity index (χ0) is 18.1. The quantitative estimate of drug-likeness (QED) is 0.285. The summed E-state index contributed by atoms with van der Waals surface area (Å²) in [5.74, 6) is -0.568. The van der Waals surface area contributed by atoms with Crippen LogP contribution in [0.4, 0.5) is 0 Å². The van der Waals surface area contributed by atoms with Crippen molar-refractivity contribution >= 4 is 29.5 Å². The van der Waals surface area contributed by atoms with Crippen molar-refractivity contribution in [2.45, 2.75) is 24.9 Å². The number of aromatic nitrogens is 2. The maximum Gasteiger partial charge on any atom is 0.330 e. The van der Waals surface area contributed by atoms with Crippen LogP contribution in [0.1, 0.15) is 23.0 Å². The minimum atomic E-state index is -5.23. The Morgan fingerprint density at radius 3 is 2.79 bits per heavy atom. The summed E-state index contributed by atoms with van der Waals surface area (Å²) in [5.41, 5.74) is -2.02. The molecular weight excluding hydrogens is 415 g/mol. The highest BCUT2D eigenvalue weighted by Crippen LogP contribution is 2.31. The summed E-state index contributed by atoms with van der Waals surface area (Å²) in [5, 5.41) is 9.69. The predicted octanol–water partition coefficient (Wildman–Crippen LogP) is -2.39. The van der Waals surface area contributed by atoms with E-state index in [1.807, 2.05) is 4.98 Å². The Hall–Kier alpha value is -1.14. The van der Waals surface area contributed by atoms with Gasteiger partial charge in [0.2, 0.25) is 0 Å². The zero-order valence-electron chi connectivity index (χ0n) is 11.9. The fourth-order valence-electron chi connectivity index (χ4n) is 2.17. The molecule has 1 aliphatic heterocycles. The van der Waals surface area contributed by atoms with E-state index in [2.05, 4.69) is 20.5 Å². The Morgan fingerprint density at radius 1 is 1.54 bits per heavy atom. The highest BCUT2D eigenvalue weighted by Gasteiger charge is 2.36. The van der Waals surface area contributed by atoms with Crippen molar-refractivity contribution in [3.8, 4) is 0 Å². The number of carbonyl (C=O) groups is 1. The molecule has 1 aromatic heterocycles. The van der Waals surface area contributed by atoms with Crippen LogP contribution in [0.3, 0.4) is 0 Å². The molecule has 3 atom stereocenters. The summed E-state index contributed by atoms with van der Waals surface area (Å²) < 4.78 is 20.7. The summed E-state index contributed by atoms with van der Waals surface area (Å²) in [4.78, 5) is 58.0. The number of nitrogens with zero attached hydrogens (tertiary/aromatic N) is 1.